The highest BCUT2D eigenvalue weighted by molar-refractivity contribution is 5.69. The first-order valence-corrected chi connectivity index (χ1v) is 7.68. The van der Waals surface area contributed by atoms with Crippen molar-refractivity contribution in [2.24, 2.45) is 11.8 Å². The van der Waals surface area contributed by atoms with Crippen molar-refractivity contribution < 1.29 is 9.90 Å². The van der Waals surface area contributed by atoms with Crippen molar-refractivity contribution in [1.82, 2.24) is 4.90 Å². The average molecular weight is 253 g/mol. The molecule has 2 aliphatic rings. The molecule has 0 unspecified atom stereocenters. The SMILES string of the molecule is O=C(O)CN(CC1CCCCCCC1)CC1CC1. The van der Waals surface area contributed by atoms with Crippen molar-refractivity contribution in [2.75, 3.05) is 19.6 Å². The Morgan fingerprint density at radius 3 is 1.89 bits per heavy atom. The third kappa shape index (κ3) is 5.38. The van der Waals surface area contributed by atoms with Crippen LogP contribution in [-0.4, -0.2) is 35.6 Å². The van der Waals surface area contributed by atoms with Crippen LogP contribution in [0, 0.1) is 11.8 Å². The van der Waals surface area contributed by atoms with E-state index in [4.69, 9.17) is 5.11 Å². The van der Waals surface area contributed by atoms with E-state index in [-0.39, 0.29) is 6.54 Å². The van der Waals surface area contributed by atoms with Gasteiger partial charge in [0.05, 0.1) is 6.54 Å². The van der Waals surface area contributed by atoms with Gasteiger partial charge in [0.2, 0.25) is 0 Å². The monoisotopic (exact) mass is 253 g/mol. The fraction of sp³-hybridized carbons (Fsp3) is 0.933. The highest BCUT2D eigenvalue weighted by Crippen LogP contribution is 2.30. The largest absolute Gasteiger partial charge is 0.480 e. The minimum absolute atomic E-state index is 0.243. The Labute approximate surface area is 111 Å². The molecule has 0 aromatic rings. The average Bonchev–Trinajstić information content (AvgIpc) is 3.04. The molecular formula is C15H27NO2. The van der Waals surface area contributed by atoms with E-state index in [0.29, 0.717) is 0 Å². The van der Waals surface area contributed by atoms with Crippen LogP contribution in [0.5, 0.6) is 0 Å². The van der Waals surface area contributed by atoms with Gasteiger partial charge in [0.1, 0.15) is 0 Å². The molecule has 0 atom stereocenters. The Hall–Kier alpha value is -0.570. The zero-order valence-electron chi connectivity index (χ0n) is 11.4. The first-order chi connectivity index (χ1) is 8.74. The van der Waals surface area contributed by atoms with E-state index in [0.717, 1.165) is 24.9 Å². The van der Waals surface area contributed by atoms with Crippen LogP contribution in [0.4, 0.5) is 0 Å². The minimum Gasteiger partial charge on any atom is -0.480 e. The van der Waals surface area contributed by atoms with Crippen molar-refractivity contribution in [1.29, 1.82) is 0 Å². The molecule has 0 heterocycles. The minimum atomic E-state index is -0.665. The molecule has 2 saturated carbocycles. The summed E-state index contributed by atoms with van der Waals surface area (Å²) in [5.74, 6) is 0.864. The summed E-state index contributed by atoms with van der Waals surface area (Å²) in [5.41, 5.74) is 0. The van der Waals surface area contributed by atoms with Gasteiger partial charge in [-0.15, -0.1) is 0 Å². The first kappa shape index (κ1) is 13.9. The first-order valence-electron chi connectivity index (χ1n) is 7.68. The molecule has 3 heteroatoms. The van der Waals surface area contributed by atoms with Crippen molar-refractivity contribution in [2.45, 2.75) is 57.8 Å². The Kier molecular flexibility index (Phi) is 5.48. The second-order valence-electron chi connectivity index (χ2n) is 6.24. The fourth-order valence-corrected chi connectivity index (χ4v) is 3.15. The highest BCUT2D eigenvalue weighted by atomic mass is 16.4. The Balaban J connectivity index is 1.78. The second-order valence-corrected chi connectivity index (χ2v) is 6.24. The number of aliphatic carboxylic acids is 1. The molecule has 0 radical (unpaired) electrons. The van der Waals surface area contributed by atoms with E-state index in [1.807, 2.05) is 0 Å². The van der Waals surface area contributed by atoms with Gasteiger partial charge < -0.3 is 5.11 Å². The molecular weight excluding hydrogens is 226 g/mol. The van der Waals surface area contributed by atoms with Crippen LogP contribution in [0.15, 0.2) is 0 Å². The van der Waals surface area contributed by atoms with Crippen molar-refractivity contribution in [3.05, 3.63) is 0 Å². The molecule has 0 aromatic carbocycles. The van der Waals surface area contributed by atoms with Gasteiger partial charge >= 0.3 is 5.97 Å². The number of carboxylic acids is 1. The maximum atomic E-state index is 10.9. The number of carboxylic acid groups (broad SMARTS) is 1. The lowest BCUT2D eigenvalue weighted by molar-refractivity contribution is -0.138. The van der Waals surface area contributed by atoms with Gasteiger partial charge in [-0.25, -0.2) is 0 Å². The number of rotatable bonds is 6. The van der Waals surface area contributed by atoms with E-state index < -0.39 is 5.97 Å². The van der Waals surface area contributed by atoms with E-state index in [1.165, 1.54) is 57.8 Å². The molecule has 18 heavy (non-hydrogen) atoms. The van der Waals surface area contributed by atoms with Crippen molar-refractivity contribution in [3.8, 4) is 0 Å². The molecule has 0 spiro atoms. The highest BCUT2D eigenvalue weighted by Gasteiger charge is 2.26. The summed E-state index contributed by atoms with van der Waals surface area (Å²) in [5, 5.41) is 9.01. The molecule has 104 valence electrons. The molecule has 2 rings (SSSR count). The lowest BCUT2D eigenvalue weighted by Crippen LogP contribution is -2.36. The molecule has 2 fully saturated rings. The fourth-order valence-electron chi connectivity index (χ4n) is 3.15. The molecule has 0 amide bonds. The van der Waals surface area contributed by atoms with Crippen LogP contribution in [0.2, 0.25) is 0 Å². The Bertz CT molecular complexity index is 255. The quantitative estimate of drug-likeness (QED) is 0.790. The normalized spacial score (nSPS) is 22.7. The van der Waals surface area contributed by atoms with E-state index in [2.05, 4.69) is 4.90 Å². The van der Waals surface area contributed by atoms with Crippen LogP contribution < -0.4 is 0 Å². The predicted molar refractivity (Wildman–Crippen MR) is 72.6 cm³/mol. The summed E-state index contributed by atoms with van der Waals surface area (Å²) in [6.07, 6.45) is 12.1. The molecule has 0 bridgehead atoms. The summed E-state index contributed by atoms with van der Waals surface area (Å²) in [4.78, 5) is 13.1. The summed E-state index contributed by atoms with van der Waals surface area (Å²) in [6, 6.07) is 0. The van der Waals surface area contributed by atoms with E-state index in [1.54, 1.807) is 0 Å². The predicted octanol–water partition coefficient (Wildman–Crippen LogP) is 3.14. The molecule has 2 aliphatic carbocycles. The summed E-state index contributed by atoms with van der Waals surface area (Å²) >= 11 is 0. The third-order valence-corrected chi connectivity index (χ3v) is 4.31. The smallest absolute Gasteiger partial charge is 0.317 e. The van der Waals surface area contributed by atoms with Crippen LogP contribution in [-0.2, 0) is 4.79 Å². The maximum Gasteiger partial charge on any atom is 0.317 e. The topological polar surface area (TPSA) is 40.5 Å². The van der Waals surface area contributed by atoms with Gasteiger partial charge in [0.15, 0.2) is 0 Å². The third-order valence-electron chi connectivity index (χ3n) is 4.31. The van der Waals surface area contributed by atoms with Gasteiger partial charge in [-0.2, -0.15) is 0 Å². The van der Waals surface area contributed by atoms with E-state index >= 15 is 0 Å². The lowest BCUT2D eigenvalue weighted by atomic mass is 9.90. The zero-order valence-corrected chi connectivity index (χ0v) is 11.4. The molecule has 1 N–H and O–H groups in total. The van der Waals surface area contributed by atoms with Crippen LogP contribution in [0.25, 0.3) is 0 Å². The van der Waals surface area contributed by atoms with Gasteiger partial charge in [-0.05, 0) is 37.5 Å². The van der Waals surface area contributed by atoms with Crippen molar-refractivity contribution >= 4 is 5.97 Å². The number of nitrogens with zero attached hydrogens (tertiary/aromatic N) is 1. The Morgan fingerprint density at radius 2 is 1.39 bits per heavy atom. The van der Waals surface area contributed by atoms with Crippen LogP contribution in [0.1, 0.15) is 57.8 Å². The zero-order chi connectivity index (χ0) is 12.8. The summed E-state index contributed by atoms with van der Waals surface area (Å²) < 4.78 is 0. The van der Waals surface area contributed by atoms with Crippen LogP contribution in [0.3, 0.4) is 0 Å². The molecule has 3 nitrogen and oxygen atoms in total. The maximum absolute atomic E-state index is 10.9. The molecule has 0 aliphatic heterocycles. The van der Waals surface area contributed by atoms with Crippen LogP contribution >= 0.6 is 0 Å². The van der Waals surface area contributed by atoms with Crippen molar-refractivity contribution in [3.63, 3.8) is 0 Å². The summed E-state index contributed by atoms with van der Waals surface area (Å²) in [6.45, 7) is 2.28. The second kappa shape index (κ2) is 7.13. The number of hydrogen-bond donors (Lipinski definition) is 1. The molecule has 0 aromatic heterocycles. The standard InChI is InChI=1S/C15H27NO2/c17-15(18)12-16(11-14-8-9-14)10-13-6-4-2-1-3-5-7-13/h13-14H,1-12H2,(H,17,18). The van der Waals surface area contributed by atoms with Gasteiger partial charge in [-0.1, -0.05) is 32.1 Å². The molecule has 0 saturated heterocycles. The summed E-state index contributed by atoms with van der Waals surface area (Å²) in [7, 11) is 0. The van der Waals surface area contributed by atoms with Gasteiger partial charge in [-0.3, -0.25) is 9.69 Å². The number of carbonyl (C=O) groups is 1. The lowest BCUT2D eigenvalue weighted by Gasteiger charge is -2.27. The number of hydrogen-bond acceptors (Lipinski definition) is 2. The van der Waals surface area contributed by atoms with Gasteiger partial charge in [0, 0.05) is 13.1 Å². The van der Waals surface area contributed by atoms with Gasteiger partial charge in [0.25, 0.3) is 0 Å². The Morgan fingerprint density at radius 1 is 0.889 bits per heavy atom. The van der Waals surface area contributed by atoms with E-state index in [9.17, 15) is 4.79 Å².